The lowest BCUT2D eigenvalue weighted by Crippen LogP contribution is -2.28. The van der Waals surface area contributed by atoms with Crippen molar-refractivity contribution < 1.29 is 13.2 Å². The van der Waals surface area contributed by atoms with Crippen LogP contribution in [-0.4, -0.2) is 36.4 Å². The molecule has 2 atom stereocenters. The van der Waals surface area contributed by atoms with E-state index in [4.69, 9.17) is 0 Å². The predicted molar refractivity (Wildman–Crippen MR) is 41.7 cm³/mol. The first-order chi connectivity index (χ1) is 5.06. The summed E-state index contributed by atoms with van der Waals surface area (Å²) in [6.45, 7) is 1.67. The van der Waals surface area contributed by atoms with Crippen molar-refractivity contribution in [2.24, 2.45) is 0 Å². The zero-order valence-electron chi connectivity index (χ0n) is 6.01. The van der Waals surface area contributed by atoms with Crippen LogP contribution in [0.1, 0.15) is 0 Å². The third-order valence-corrected chi connectivity index (χ3v) is 1.31. The van der Waals surface area contributed by atoms with Crippen LogP contribution in [0.3, 0.4) is 0 Å². The molecular formula is C6H11F3NS. The average Bonchev–Trinajstić information content (AvgIpc) is 1.85. The highest BCUT2D eigenvalue weighted by Gasteiger charge is 2.12. The first kappa shape index (κ1) is 11.1. The van der Waals surface area contributed by atoms with E-state index in [1.54, 1.807) is 0 Å². The Labute approximate surface area is 70.1 Å². The molecule has 0 bridgehead atoms. The molecule has 1 nitrogen and oxygen atoms in total. The van der Waals surface area contributed by atoms with Crippen LogP contribution in [0.4, 0.5) is 13.2 Å². The van der Waals surface area contributed by atoms with Gasteiger partial charge in [0.15, 0.2) is 0 Å². The topological polar surface area (TPSA) is 3.24 Å². The molecule has 0 aliphatic heterocycles. The van der Waals surface area contributed by atoms with Gasteiger partial charge in [-0.15, -0.1) is 0 Å². The van der Waals surface area contributed by atoms with Crippen molar-refractivity contribution in [1.29, 1.82) is 0 Å². The largest absolute Gasteiger partial charge is 0.248 e. The van der Waals surface area contributed by atoms with E-state index in [0.717, 1.165) is 4.31 Å². The van der Waals surface area contributed by atoms with Crippen LogP contribution >= 0.6 is 12.8 Å². The molecule has 0 saturated heterocycles. The normalized spacial score (nSPS) is 16.9. The van der Waals surface area contributed by atoms with Crippen molar-refractivity contribution >= 4 is 12.8 Å². The molecule has 5 heteroatoms. The van der Waals surface area contributed by atoms with Crippen LogP contribution in [0.5, 0.6) is 0 Å². The standard InChI is InChI=1S/C6H11F3NS/c1-5(8)3-10(11)4-6(9)2-7/h5-6,11H,1-4H2. The number of halogens is 3. The maximum Gasteiger partial charge on any atom is 0.142 e. The summed E-state index contributed by atoms with van der Waals surface area (Å²) in [5, 5.41) is 0. The van der Waals surface area contributed by atoms with E-state index in [1.165, 1.54) is 0 Å². The van der Waals surface area contributed by atoms with Crippen LogP contribution in [-0.2, 0) is 0 Å². The number of hydrogen-bond donors (Lipinski definition) is 1. The molecule has 2 unspecified atom stereocenters. The lowest BCUT2D eigenvalue weighted by Gasteiger charge is -2.16. The zero-order valence-corrected chi connectivity index (χ0v) is 6.91. The molecule has 0 aliphatic carbocycles. The molecule has 1 radical (unpaired) electrons. The molecule has 0 saturated carbocycles. The number of hydrogen-bond acceptors (Lipinski definition) is 2. The van der Waals surface area contributed by atoms with E-state index >= 15 is 0 Å². The minimum atomic E-state index is -1.59. The summed E-state index contributed by atoms with van der Waals surface area (Å²) < 4.78 is 36.9. The fourth-order valence-corrected chi connectivity index (χ4v) is 0.935. The molecule has 0 aromatic heterocycles. The summed E-state index contributed by atoms with van der Waals surface area (Å²) in [5.41, 5.74) is 0. The van der Waals surface area contributed by atoms with Gasteiger partial charge in [-0.2, -0.15) is 0 Å². The number of rotatable bonds is 5. The summed E-state index contributed by atoms with van der Waals surface area (Å²) >= 11 is 3.71. The molecular weight excluding hydrogens is 175 g/mol. The molecule has 11 heavy (non-hydrogen) atoms. The third-order valence-electron chi connectivity index (χ3n) is 0.985. The van der Waals surface area contributed by atoms with Crippen LogP contribution in [0.2, 0.25) is 0 Å². The maximum absolute atomic E-state index is 12.2. The minimum absolute atomic E-state index is 0.0937. The molecule has 0 N–H and O–H groups in total. The zero-order chi connectivity index (χ0) is 8.85. The maximum atomic E-state index is 12.2. The van der Waals surface area contributed by atoms with Gasteiger partial charge in [-0.05, 0) is 6.92 Å². The summed E-state index contributed by atoms with van der Waals surface area (Å²) in [7, 11) is 0. The Morgan fingerprint density at radius 3 is 2.27 bits per heavy atom. The van der Waals surface area contributed by atoms with Gasteiger partial charge < -0.3 is 0 Å². The van der Waals surface area contributed by atoms with E-state index in [0.29, 0.717) is 0 Å². The molecule has 67 valence electrons. The monoisotopic (exact) mass is 186 g/mol. The molecule has 0 heterocycles. The lowest BCUT2D eigenvalue weighted by molar-refractivity contribution is 0.210. The van der Waals surface area contributed by atoms with Crippen LogP contribution in [0.15, 0.2) is 0 Å². The van der Waals surface area contributed by atoms with Crippen molar-refractivity contribution in [3.8, 4) is 0 Å². The van der Waals surface area contributed by atoms with Gasteiger partial charge in [0.25, 0.3) is 0 Å². The van der Waals surface area contributed by atoms with Gasteiger partial charge in [0.05, 0.1) is 0 Å². The molecule has 0 amide bonds. The Hall–Kier alpha value is 0.1000. The van der Waals surface area contributed by atoms with E-state index in [2.05, 4.69) is 19.7 Å². The second-order valence-electron chi connectivity index (χ2n) is 2.22. The van der Waals surface area contributed by atoms with Crippen LogP contribution < -0.4 is 0 Å². The quantitative estimate of drug-likeness (QED) is 0.638. The Morgan fingerprint density at radius 2 is 1.91 bits per heavy atom. The van der Waals surface area contributed by atoms with Gasteiger partial charge in [-0.1, -0.05) is 12.8 Å². The van der Waals surface area contributed by atoms with E-state index < -0.39 is 19.0 Å². The fraction of sp³-hybridized carbons (Fsp3) is 0.833. The summed E-state index contributed by atoms with van der Waals surface area (Å²) in [5.74, 6) is 0. The first-order valence-corrected chi connectivity index (χ1v) is 3.57. The Bertz CT molecular complexity index is 102. The second-order valence-corrected chi connectivity index (χ2v) is 2.79. The van der Waals surface area contributed by atoms with Gasteiger partial charge >= 0.3 is 0 Å². The summed E-state index contributed by atoms with van der Waals surface area (Å²) in [4.78, 5) is 0. The average molecular weight is 186 g/mol. The van der Waals surface area contributed by atoms with Gasteiger partial charge in [0.1, 0.15) is 19.0 Å². The molecule has 0 rings (SSSR count). The smallest absolute Gasteiger partial charge is 0.142 e. The predicted octanol–water partition coefficient (Wildman–Crippen LogP) is 1.61. The molecule has 0 aromatic rings. The minimum Gasteiger partial charge on any atom is -0.248 e. The van der Waals surface area contributed by atoms with E-state index in [9.17, 15) is 13.2 Å². The van der Waals surface area contributed by atoms with Gasteiger partial charge in [0, 0.05) is 13.1 Å². The highest BCUT2D eigenvalue weighted by atomic mass is 32.1. The fourth-order valence-electron chi connectivity index (χ4n) is 0.581. The molecule has 0 aliphatic rings. The van der Waals surface area contributed by atoms with Crippen molar-refractivity contribution in [2.75, 3.05) is 19.8 Å². The number of alkyl halides is 3. The van der Waals surface area contributed by atoms with Crippen molar-refractivity contribution in [2.45, 2.75) is 12.3 Å². The lowest BCUT2D eigenvalue weighted by atomic mass is 10.4. The summed E-state index contributed by atoms with van der Waals surface area (Å²) in [6, 6.07) is 0. The Kier molecular flexibility index (Phi) is 5.76. The molecule has 0 spiro atoms. The van der Waals surface area contributed by atoms with Gasteiger partial charge in [-0.25, -0.2) is 17.5 Å². The first-order valence-electron chi connectivity index (χ1n) is 3.17. The van der Waals surface area contributed by atoms with E-state index in [1.807, 2.05) is 0 Å². The van der Waals surface area contributed by atoms with Crippen molar-refractivity contribution in [3.05, 3.63) is 6.92 Å². The van der Waals surface area contributed by atoms with E-state index in [-0.39, 0.29) is 13.1 Å². The number of thiol groups is 1. The highest BCUT2D eigenvalue weighted by molar-refractivity contribution is 7.77. The SMILES string of the molecule is [CH2]C(F)CN(S)CC(F)CF. The van der Waals surface area contributed by atoms with Crippen molar-refractivity contribution in [1.82, 2.24) is 4.31 Å². The molecule has 0 aromatic carbocycles. The Balaban J connectivity index is 3.43. The van der Waals surface area contributed by atoms with Crippen LogP contribution in [0.25, 0.3) is 0 Å². The Morgan fingerprint density at radius 1 is 1.36 bits per heavy atom. The van der Waals surface area contributed by atoms with Gasteiger partial charge in [0.2, 0.25) is 0 Å². The molecule has 0 fully saturated rings. The van der Waals surface area contributed by atoms with Gasteiger partial charge in [-0.3, -0.25) is 0 Å². The third kappa shape index (κ3) is 6.50. The highest BCUT2D eigenvalue weighted by Crippen LogP contribution is 2.03. The number of nitrogens with zero attached hydrogens (tertiary/aromatic N) is 1. The van der Waals surface area contributed by atoms with Crippen molar-refractivity contribution in [3.63, 3.8) is 0 Å². The van der Waals surface area contributed by atoms with Crippen LogP contribution in [0, 0.1) is 6.92 Å². The summed E-state index contributed by atoms with van der Waals surface area (Å²) in [6.07, 6.45) is -2.91. The second kappa shape index (κ2) is 5.71.